The fraction of sp³-hybridized carbons (Fsp3) is 0.140. The molecule has 1 atom stereocenters. The Morgan fingerprint density at radius 2 is 0.910 bits per heavy atom. The number of nitriles is 1. The van der Waals surface area contributed by atoms with Gasteiger partial charge in [0, 0.05) is 130 Å². The van der Waals surface area contributed by atoms with Gasteiger partial charge in [0.15, 0.2) is 32.9 Å². The van der Waals surface area contributed by atoms with Crippen LogP contribution in [0.25, 0.3) is 22.6 Å². The lowest BCUT2D eigenvalue weighted by atomic mass is 10.1. The highest BCUT2D eigenvalue weighted by molar-refractivity contribution is 9.11. The van der Waals surface area contributed by atoms with Crippen molar-refractivity contribution in [3.63, 3.8) is 0 Å². The lowest BCUT2D eigenvalue weighted by Crippen LogP contribution is -2.07. The van der Waals surface area contributed by atoms with E-state index in [-0.39, 0.29) is 0 Å². The summed E-state index contributed by atoms with van der Waals surface area (Å²) >= 11 is 13.3. The number of halogens is 4. The molecular formula is C43H33Br4N19O. The maximum atomic E-state index is 10.4. The van der Waals surface area contributed by atoms with Crippen LogP contribution in [0, 0.1) is 32.1 Å². The molecule has 0 aliphatic heterocycles. The van der Waals surface area contributed by atoms with Gasteiger partial charge in [-0.05, 0) is 95.6 Å². The third-order valence-corrected chi connectivity index (χ3v) is 11.1. The number of hydrogen-bond acceptors (Lipinski definition) is 16. The predicted octanol–water partition coefficient (Wildman–Crippen LogP) is 7.40. The van der Waals surface area contributed by atoms with Crippen LogP contribution in [0.2, 0.25) is 0 Å². The Bertz CT molecular complexity index is 3500. The lowest BCUT2D eigenvalue weighted by Gasteiger charge is -2.11. The number of aliphatic hydroxyl groups excluding tert-OH is 1. The molecule has 0 bridgehead atoms. The number of aryl methyl sites for hydroxylation is 3. The van der Waals surface area contributed by atoms with Gasteiger partial charge in [0.25, 0.3) is 0 Å². The zero-order valence-corrected chi connectivity index (χ0v) is 41.7. The molecule has 67 heavy (non-hydrogen) atoms. The van der Waals surface area contributed by atoms with Crippen molar-refractivity contribution >= 4 is 86.3 Å². The molecule has 11 rings (SSSR count). The summed E-state index contributed by atoms with van der Waals surface area (Å²) in [5.74, 6) is 2.16. The van der Waals surface area contributed by atoms with E-state index in [1.165, 1.54) is 0 Å². The van der Waals surface area contributed by atoms with Crippen LogP contribution < -0.4 is 0 Å². The number of rotatable bonds is 6. The molecule has 0 aliphatic rings. The van der Waals surface area contributed by atoms with Crippen LogP contribution in [-0.4, -0.2) is 92.5 Å². The van der Waals surface area contributed by atoms with Crippen LogP contribution in [0.4, 0.5) is 0 Å². The number of fused-ring (bicyclic) bond motifs is 4. The van der Waals surface area contributed by atoms with Gasteiger partial charge in [-0.3, -0.25) is 0 Å². The van der Waals surface area contributed by atoms with Crippen molar-refractivity contribution in [2.24, 2.45) is 0 Å². The van der Waals surface area contributed by atoms with Crippen molar-refractivity contribution in [3.05, 3.63) is 187 Å². The van der Waals surface area contributed by atoms with Gasteiger partial charge in [-0.25, -0.2) is 69.8 Å². The van der Waals surface area contributed by atoms with Crippen LogP contribution in [0.5, 0.6) is 0 Å². The van der Waals surface area contributed by atoms with Gasteiger partial charge in [-0.15, -0.1) is 0 Å². The van der Waals surface area contributed by atoms with E-state index in [2.05, 4.69) is 140 Å². The van der Waals surface area contributed by atoms with E-state index in [9.17, 15) is 5.11 Å². The molecule has 0 amide bonds. The van der Waals surface area contributed by atoms with E-state index in [4.69, 9.17) is 5.26 Å². The first-order chi connectivity index (χ1) is 32.4. The van der Waals surface area contributed by atoms with Gasteiger partial charge in [-0.1, -0.05) is 0 Å². The van der Waals surface area contributed by atoms with E-state index in [0.717, 1.165) is 64.9 Å². The molecule has 0 aliphatic carbocycles. The quantitative estimate of drug-likeness (QED) is 0.171. The second-order valence-electron chi connectivity index (χ2n) is 14.2. The summed E-state index contributed by atoms with van der Waals surface area (Å²) in [7, 11) is 0. The van der Waals surface area contributed by atoms with Crippen LogP contribution >= 0.6 is 63.7 Å². The summed E-state index contributed by atoms with van der Waals surface area (Å²) in [4.78, 5) is 58.9. The molecule has 0 saturated heterocycles. The van der Waals surface area contributed by atoms with Crippen molar-refractivity contribution in [1.82, 2.24) is 87.4 Å². The SMILES string of the molecule is Brc1cn2ccnc2c(Br)n1.Cc1ncc(C(O)c2nc(Br)cn3ccnc23)cn1.Cc1ncc(Cc2nc(Br)cn3ccnc23)cn1.Cc1ncc(Cc2nc(C#N)cn3ccnc23)cn1. The highest BCUT2D eigenvalue weighted by atomic mass is 79.9. The van der Waals surface area contributed by atoms with Crippen LogP contribution in [0.3, 0.4) is 0 Å². The number of hydrogen-bond donors (Lipinski definition) is 1. The standard InChI is InChI=1S/C13H10N6.C12H10BrN5O.C12H10BrN5.C6H3Br2N3/c1-9-16-6-10(7-17-9)4-12-13-15-2-3-19(13)8-11(5-14)18-12;1-7-15-4-8(5-16-7)11(19)10-12-14-2-3-18(12)6-9(13)17-10;1-8-15-5-9(6-16-8)4-10-12-14-2-3-18(12)7-11(13)17-10;7-4-3-11-2-1-9-6(11)5(8)10-4/h2-3,6-8H,4H2,1H3;2-6,11,19H,1H3;2-3,5-7H,4H2,1H3;1-3H. The fourth-order valence-electron chi connectivity index (χ4n) is 6.33. The van der Waals surface area contributed by atoms with E-state index in [1.54, 1.807) is 90.1 Å². The lowest BCUT2D eigenvalue weighted by molar-refractivity contribution is 0.215. The average molecular weight is 1150 g/mol. The molecule has 334 valence electrons. The second-order valence-corrected chi connectivity index (χ2v) is 17.4. The molecule has 0 saturated carbocycles. The molecule has 0 spiro atoms. The molecule has 0 fully saturated rings. The van der Waals surface area contributed by atoms with Gasteiger partial charge < -0.3 is 22.7 Å². The first-order valence-electron chi connectivity index (χ1n) is 19.8. The zero-order valence-electron chi connectivity index (χ0n) is 35.3. The van der Waals surface area contributed by atoms with E-state index < -0.39 is 6.10 Å². The number of nitrogens with zero attached hydrogens (tertiary/aromatic N) is 19. The van der Waals surface area contributed by atoms with Crippen molar-refractivity contribution in [2.45, 2.75) is 39.7 Å². The fourth-order valence-corrected chi connectivity index (χ4v) is 8.31. The van der Waals surface area contributed by atoms with Crippen LogP contribution in [0.1, 0.15) is 63.0 Å². The maximum Gasteiger partial charge on any atom is 0.170 e. The van der Waals surface area contributed by atoms with Crippen molar-refractivity contribution in [2.75, 3.05) is 0 Å². The zero-order chi connectivity index (χ0) is 47.0. The third kappa shape index (κ3) is 11.6. The molecule has 11 aromatic rings. The van der Waals surface area contributed by atoms with E-state index in [1.807, 2.05) is 59.8 Å². The molecule has 0 aromatic carbocycles. The molecule has 0 radical (unpaired) electrons. The first-order valence-corrected chi connectivity index (χ1v) is 22.9. The summed E-state index contributed by atoms with van der Waals surface area (Å²) in [6.45, 7) is 5.50. The summed E-state index contributed by atoms with van der Waals surface area (Å²) in [5, 5.41) is 19.4. The Hall–Kier alpha value is -6.91. The summed E-state index contributed by atoms with van der Waals surface area (Å²) in [5.41, 5.74) is 8.08. The number of aliphatic hydroxyl groups is 1. The molecule has 1 unspecified atom stereocenters. The van der Waals surface area contributed by atoms with Crippen LogP contribution in [0.15, 0.2) is 130 Å². The number of aromatic nitrogens is 18. The van der Waals surface area contributed by atoms with E-state index in [0.29, 0.717) is 45.9 Å². The molecule has 20 nitrogen and oxygen atoms in total. The minimum absolute atomic E-state index is 0.369. The largest absolute Gasteiger partial charge is 0.382 e. The average Bonchev–Trinajstić information content (AvgIpc) is 4.17. The highest BCUT2D eigenvalue weighted by Crippen LogP contribution is 2.24. The summed E-state index contributed by atoms with van der Waals surface area (Å²) in [6.07, 6.45) is 32.1. The minimum atomic E-state index is -0.914. The van der Waals surface area contributed by atoms with Crippen molar-refractivity contribution in [1.29, 1.82) is 5.26 Å². The third-order valence-electron chi connectivity index (χ3n) is 9.43. The highest BCUT2D eigenvalue weighted by Gasteiger charge is 2.19. The Morgan fingerprint density at radius 1 is 0.507 bits per heavy atom. The number of imidazole rings is 4. The van der Waals surface area contributed by atoms with Crippen LogP contribution in [-0.2, 0) is 12.8 Å². The minimum Gasteiger partial charge on any atom is -0.382 e. The molecular weight excluding hydrogens is 1120 g/mol. The molecule has 11 heterocycles. The Balaban J connectivity index is 0.000000123. The Morgan fingerprint density at radius 3 is 1.43 bits per heavy atom. The summed E-state index contributed by atoms with van der Waals surface area (Å²) in [6, 6.07) is 2.05. The monoisotopic (exact) mass is 1150 g/mol. The summed E-state index contributed by atoms with van der Waals surface area (Å²) < 4.78 is 10.4. The Labute approximate surface area is 414 Å². The van der Waals surface area contributed by atoms with Crippen molar-refractivity contribution in [3.8, 4) is 6.07 Å². The molecule has 1 N–H and O–H groups in total. The van der Waals surface area contributed by atoms with Gasteiger partial charge in [-0.2, -0.15) is 5.26 Å². The topological polar surface area (TPSA) is 242 Å². The molecule has 11 aromatic heterocycles. The van der Waals surface area contributed by atoms with E-state index >= 15 is 0 Å². The predicted molar refractivity (Wildman–Crippen MR) is 257 cm³/mol. The van der Waals surface area contributed by atoms with Crippen molar-refractivity contribution < 1.29 is 5.11 Å². The first kappa shape index (κ1) is 46.6. The Kier molecular flexibility index (Phi) is 14.7. The smallest absolute Gasteiger partial charge is 0.170 e. The van der Waals surface area contributed by atoms with Gasteiger partial charge in [0.1, 0.15) is 49.1 Å². The van der Waals surface area contributed by atoms with Gasteiger partial charge in [0.05, 0.1) is 11.4 Å². The molecule has 24 heteroatoms. The van der Waals surface area contributed by atoms with Gasteiger partial charge in [0.2, 0.25) is 0 Å². The second kappa shape index (κ2) is 21.2. The van der Waals surface area contributed by atoms with Gasteiger partial charge >= 0.3 is 0 Å². The maximum absolute atomic E-state index is 10.4. The normalized spacial score (nSPS) is 11.3.